The van der Waals surface area contributed by atoms with Crippen LogP contribution in [0.2, 0.25) is 0 Å². The fourth-order valence-electron chi connectivity index (χ4n) is 3.98. The molecule has 1 saturated carbocycles. The molecule has 1 aliphatic carbocycles. The van der Waals surface area contributed by atoms with Gasteiger partial charge in [-0.3, -0.25) is 9.59 Å². The van der Waals surface area contributed by atoms with Gasteiger partial charge in [-0.1, -0.05) is 59.3 Å². The van der Waals surface area contributed by atoms with Crippen LogP contribution in [0.5, 0.6) is 0 Å². The maximum absolute atomic E-state index is 12.5. The van der Waals surface area contributed by atoms with Crippen LogP contribution in [-0.2, 0) is 14.3 Å². The van der Waals surface area contributed by atoms with Crippen LogP contribution >= 0.6 is 0 Å². The lowest BCUT2D eigenvalue weighted by atomic mass is 9.82. The number of ether oxygens (including phenoxy) is 1. The lowest BCUT2D eigenvalue weighted by Gasteiger charge is -2.28. The Morgan fingerprint density at radius 1 is 0.960 bits per heavy atom. The van der Waals surface area contributed by atoms with Gasteiger partial charge < -0.3 is 9.84 Å². The molecule has 0 bridgehead atoms. The van der Waals surface area contributed by atoms with Gasteiger partial charge in [0.25, 0.3) is 0 Å². The molecule has 4 heteroatoms. The molecule has 0 radical (unpaired) electrons. The first kappa shape index (κ1) is 22.0. The summed E-state index contributed by atoms with van der Waals surface area (Å²) >= 11 is 0. The van der Waals surface area contributed by atoms with Crippen molar-refractivity contribution < 1.29 is 19.4 Å². The summed E-state index contributed by atoms with van der Waals surface area (Å²) in [7, 11) is 0. The Morgan fingerprint density at radius 2 is 1.60 bits per heavy atom. The zero-order valence-electron chi connectivity index (χ0n) is 16.5. The summed E-state index contributed by atoms with van der Waals surface area (Å²) in [6.45, 7) is 6.54. The molecule has 0 amide bonds. The summed E-state index contributed by atoms with van der Waals surface area (Å²) in [6.07, 6.45) is 11.8. The van der Waals surface area contributed by atoms with E-state index in [1.54, 1.807) is 0 Å². The van der Waals surface area contributed by atoms with Gasteiger partial charge in [-0.25, -0.2) is 0 Å². The number of carboxylic acids is 1. The molecule has 0 heterocycles. The Kier molecular flexibility index (Phi) is 10.8. The fraction of sp³-hybridized carbons (Fsp3) is 0.905. The lowest BCUT2D eigenvalue weighted by Crippen LogP contribution is -2.30. The van der Waals surface area contributed by atoms with Gasteiger partial charge in [0.05, 0.1) is 11.8 Å². The van der Waals surface area contributed by atoms with E-state index in [0.717, 1.165) is 12.8 Å². The van der Waals surface area contributed by atoms with Crippen molar-refractivity contribution in [3.8, 4) is 0 Å². The number of carbonyl (C=O) groups excluding carboxylic acids is 1. The predicted octanol–water partition coefficient (Wildman–Crippen LogP) is 5.59. The minimum atomic E-state index is -0.729. The number of unbranched alkanes of at least 4 members (excludes halogenated alkanes) is 2. The second-order valence-electron chi connectivity index (χ2n) is 7.74. The van der Waals surface area contributed by atoms with Gasteiger partial charge in [-0.15, -0.1) is 0 Å². The van der Waals surface area contributed by atoms with Crippen molar-refractivity contribution in [2.75, 3.05) is 0 Å². The standard InChI is InChI=1S/C21H38O4/c1-4-7-8-10-16(9-5-2)15-19(6-3)25-21(24)18-13-11-17(12-14-18)20(22)23/h16-19H,4-15H2,1-3H3,(H,22,23). The van der Waals surface area contributed by atoms with Crippen LogP contribution < -0.4 is 0 Å². The third-order valence-corrected chi connectivity index (χ3v) is 5.66. The molecule has 2 atom stereocenters. The normalized spacial score (nSPS) is 23.0. The van der Waals surface area contributed by atoms with Gasteiger partial charge >= 0.3 is 11.9 Å². The molecule has 1 N–H and O–H groups in total. The first-order valence-corrected chi connectivity index (χ1v) is 10.4. The fourth-order valence-corrected chi connectivity index (χ4v) is 3.98. The van der Waals surface area contributed by atoms with E-state index in [1.165, 1.54) is 38.5 Å². The van der Waals surface area contributed by atoms with E-state index in [-0.39, 0.29) is 23.9 Å². The monoisotopic (exact) mass is 354 g/mol. The van der Waals surface area contributed by atoms with Crippen LogP contribution in [0.3, 0.4) is 0 Å². The van der Waals surface area contributed by atoms with E-state index < -0.39 is 5.97 Å². The van der Waals surface area contributed by atoms with E-state index in [9.17, 15) is 9.59 Å². The average Bonchev–Trinajstić information content (AvgIpc) is 2.61. The van der Waals surface area contributed by atoms with Crippen molar-refractivity contribution in [1.29, 1.82) is 0 Å². The van der Waals surface area contributed by atoms with Crippen molar-refractivity contribution in [1.82, 2.24) is 0 Å². The summed E-state index contributed by atoms with van der Waals surface area (Å²) in [5.41, 5.74) is 0. The number of hydrogen-bond acceptors (Lipinski definition) is 3. The number of rotatable bonds is 12. The maximum Gasteiger partial charge on any atom is 0.309 e. The molecule has 0 aliphatic heterocycles. The van der Waals surface area contributed by atoms with Crippen molar-refractivity contribution >= 4 is 11.9 Å². The molecule has 1 fully saturated rings. The van der Waals surface area contributed by atoms with E-state index in [1.807, 2.05) is 0 Å². The Morgan fingerprint density at radius 3 is 2.12 bits per heavy atom. The van der Waals surface area contributed by atoms with Gasteiger partial charge in [-0.05, 0) is 44.4 Å². The van der Waals surface area contributed by atoms with Crippen molar-refractivity contribution in [2.45, 2.75) is 104 Å². The average molecular weight is 355 g/mol. The highest BCUT2D eigenvalue weighted by Gasteiger charge is 2.31. The summed E-state index contributed by atoms with van der Waals surface area (Å²) < 4.78 is 5.83. The molecule has 0 aromatic rings. The molecule has 1 rings (SSSR count). The second kappa shape index (κ2) is 12.3. The number of aliphatic carboxylic acids is 1. The second-order valence-corrected chi connectivity index (χ2v) is 7.74. The highest BCUT2D eigenvalue weighted by molar-refractivity contribution is 5.74. The van der Waals surface area contributed by atoms with E-state index in [2.05, 4.69) is 20.8 Å². The number of esters is 1. The summed E-state index contributed by atoms with van der Waals surface area (Å²) in [5, 5.41) is 9.07. The van der Waals surface area contributed by atoms with Gasteiger partial charge in [0.15, 0.2) is 0 Å². The van der Waals surface area contributed by atoms with E-state index in [4.69, 9.17) is 9.84 Å². The van der Waals surface area contributed by atoms with Crippen LogP contribution in [0.25, 0.3) is 0 Å². The Bertz CT molecular complexity index is 385. The van der Waals surface area contributed by atoms with E-state index in [0.29, 0.717) is 31.6 Å². The molecule has 146 valence electrons. The summed E-state index contributed by atoms with van der Waals surface area (Å²) in [5.74, 6) is -0.558. The van der Waals surface area contributed by atoms with Crippen molar-refractivity contribution in [3.05, 3.63) is 0 Å². The van der Waals surface area contributed by atoms with Crippen LogP contribution in [-0.4, -0.2) is 23.1 Å². The highest BCUT2D eigenvalue weighted by atomic mass is 16.5. The Labute approximate surface area is 153 Å². The molecule has 0 saturated heterocycles. The molecule has 25 heavy (non-hydrogen) atoms. The Hall–Kier alpha value is -1.06. The quantitative estimate of drug-likeness (QED) is 0.367. The molecule has 4 nitrogen and oxygen atoms in total. The molecule has 0 aromatic heterocycles. The van der Waals surface area contributed by atoms with Crippen LogP contribution in [0.1, 0.15) is 97.8 Å². The maximum atomic E-state index is 12.5. The molecule has 1 aliphatic rings. The van der Waals surface area contributed by atoms with Crippen LogP contribution in [0.4, 0.5) is 0 Å². The van der Waals surface area contributed by atoms with Gasteiger partial charge in [0.1, 0.15) is 6.10 Å². The largest absolute Gasteiger partial charge is 0.481 e. The highest BCUT2D eigenvalue weighted by Crippen LogP contribution is 2.31. The van der Waals surface area contributed by atoms with Gasteiger partial charge in [0.2, 0.25) is 0 Å². The molecular formula is C21H38O4. The number of carbonyl (C=O) groups is 2. The molecular weight excluding hydrogens is 316 g/mol. The van der Waals surface area contributed by atoms with Crippen molar-refractivity contribution in [2.24, 2.45) is 17.8 Å². The number of carboxylic acid groups (broad SMARTS) is 1. The lowest BCUT2D eigenvalue weighted by molar-refractivity contribution is -0.158. The molecule has 0 spiro atoms. The smallest absolute Gasteiger partial charge is 0.309 e. The summed E-state index contributed by atoms with van der Waals surface area (Å²) in [4.78, 5) is 23.5. The SMILES string of the molecule is CCCCCC(CCC)CC(CC)OC(=O)C1CCC(C(=O)O)CC1. The zero-order chi connectivity index (χ0) is 18.7. The minimum absolute atomic E-state index is 0.0165. The third-order valence-electron chi connectivity index (χ3n) is 5.66. The Balaban J connectivity index is 2.44. The van der Waals surface area contributed by atoms with Crippen molar-refractivity contribution in [3.63, 3.8) is 0 Å². The zero-order valence-corrected chi connectivity index (χ0v) is 16.5. The predicted molar refractivity (Wildman–Crippen MR) is 100 cm³/mol. The molecule has 2 unspecified atom stereocenters. The van der Waals surface area contributed by atoms with Gasteiger partial charge in [-0.2, -0.15) is 0 Å². The summed E-state index contributed by atoms with van der Waals surface area (Å²) in [6, 6.07) is 0. The first-order valence-electron chi connectivity index (χ1n) is 10.4. The first-order chi connectivity index (χ1) is 12.0. The molecule has 0 aromatic carbocycles. The van der Waals surface area contributed by atoms with Crippen LogP contribution in [0, 0.1) is 17.8 Å². The number of hydrogen-bond donors (Lipinski definition) is 1. The van der Waals surface area contributed by atoms with Gasteiger partial charge in [0, 0.05) is 0 Å². The third kappa shape index (κ3) is 8.24. The van der Waals surface area contributed by atoms with Crippen LogP contribution in [0.15, 0.2) is 0 Å². The van der Waals surface area contributed by atoms with E-state index >= 15 is 0 Å². The topological polar surface area (TPSA) is 63.6 Å². The minimum Gasteiger partial charge on any atom is -0.481 e.